The second kappa shape index (κ2) is 8.93. The molecule has 0 radical (unpaired) electrons. The minimum atomic E-state index is -1.33. The number of halogens is 1. The van der Waals surface area contributed by atoms with Gasteiger partial charge in [0.05, 0.1) is 29.7 Å². The van der Waals surface area contributed by atoms with Crippen LogP contribution in [0.2, 0.25) is 5.02 Å². The number of aromatic nitrogens is 1. The number of hydrogen-bond donors (Lipinski definition) is 1. The summed E-state index contributed by atoms with van der Waals surface area (Å²) in [6.45, 7) is 9.13. The first kappa shape index (κ1) is 24.6. The van der Waals surface area contributed by atoms with Gasteiger partial charge in [0.2, 0.25) is 0 Å². The van der Waals surface area contributed by atoms with Crippen LogP contribution in [-0.2, 0) is 16.1 Å². The number of fused-ring (bicyclic) bond motifs is 4. The van der Waals surface area contributed by atoms with Gasteiger partial charge in [-0.1, -0.05) is 25.4 Å². The predicted molar refractivity (Wildman–Crippen MR) is 142 cm³/mol. The van der Waals surface area contributed by atoms with Gasteiger partial charge in [-0.2, -0.15) is 0 Å². The normalized spacial score (nSPS) is 24.6. The van der Waals surface area contributed by atoms with Gasteiger partial charge < -0.3 is 14.7 Å². The second-order valence-electron chi connectivity index (χ2n) is 11.1. The summed E-state index contributed by atoms with van der Waals surface area (Å²) >= 11 is 6.52. The molecule has 4 aliphatic rings. The van der Waals surface area contributed by atoms with Gasteiger partial charge in [-0.05, 0) is 85.7 Å². The highest BCUT2D eigenvalue weighted by molar-refractivity contribution is 6.32. The molecule has 194 valence electrons. The molecule has 0 aliphatic carbocycles. The van der Waals surface area contributed by atoms with Crippen LogP contribution < -0.4 is 0 Å². The fraction of sp³-hybridized carbons (Fsp3) is 0.483. The van der Waals surface area contributed by atoms with Crippen LogP contribution in [0.25, 0.3) is 16.6 Å². The van der Waals surface area contributed by atoms with Crippen LogP contribution in [0.4, 0.5) is 0 Å². The highest BCUT2D eigenvalue weighted by Crippen LogP contribution is 2.44. The maximum atomic E-state index is 14.0. The molecule has 1 atom stereocenters. The minimum Gasteiger partial charge on any atom is -0.461 e. The number of pyridine rings is 1. The van der Waals surface area contributed by atoms with Gasteiger partial charge in [-0.15, -0.1) is 0 Å². The van der Waals surface area contributed by atoms with Gasteiger partial charge in [-0.3, -0.25) is 14.5 Å². The van der Waals surface area contributed by atoms with E-state index in [1.807, 2.05) is 26.0 Å². The van der Waals surface area contributed by atoms with Gasteiger partial charge in [-0.25, -0.2) is 4.98 Å². The Morgan fingerprint density at radius 2 is 2.00 bits per heavy atom. The average molecular weight is 522 g/mol. The number of likely N-dealkylation sites (tertiary alicyclic amines) is 1. The number of piperidine rings is 1. The van der Waals surface area contributed by atoms with Crippen LogP contribution >= 0.6 is 11.6 Å². The molecule has 37 heavy (non-hydrogen) atoms. The molecule has 0 unspecified atom stereocenters. The SMILES string of the molecule is CC[C@@]1(O)CC(=O)OCC2=C1C=C1c3nc4cc(Cl)c(C)cc4c(CN4CCC(C)CC4)c3C(=O)N1C2. The summed E-state index contributed by atoms with van der Waals surface area (Å²) in [6.07, 6.45) is 4.41. The molecule has 1 aromatic carbocycles. The maximum Gasteiger partial charge on any atom is 0.309 e. The number of esters is 1. The van der Waals surface area contributed by atoms with Crippen LogP contribution in [0, 0.1) is 12.8 Å². The summed E-state index contributed by atoms with van der Waals surface area (Å²) in [4.78, 5) is 35.4. The zero-order chi connectivity index (χ0) is 26.1. The number of carbonyl (C=O) groups excluding carboxylic acids is 2. The Morgan fingerprint density at radius 1 is 1.24 bits per heavy atom. The highest BCUT2D eigenvalue weighted by atomic mass is 35.5. The number of cyclic esters (lactones) is 1. The number of hydrogen-bond acceptors (Lipinski definition) is 6. The minimum absolute atomic E-state index is 0.0728. The van der Waals surface area contributed by atoms with Crippen LogP contribution in [0.1, 0.15) is 66.7 Å². The summed E-state index contributed by atoms with van der Waals surface area (Å²) in [5.41, 5.74) is 4.73. The van der Waals surface area contributed by atoms with E-state index < -0.39 is 11.6 Å². The first-order valence-corrected chi connectivity index (χ1v) is 13.6. The van der Waals surface area contributed by atoms with Crippen molar-refractivity contribution in [3.63, 3.8) is 0 Å². The summed E-state index contributed by atoms with van der Waals surface area (Å²) in [6, 6.07) is 3.94. The van der Waals surface area contributed by atoms with Gasteiger partial charge in [0, 0.05) is 17.0 Å². The van der Waals surface area contributed by atoms with Gasteiger partial charge >= 0.3 is 5.97 Å². The monoisotopic (exact) mass is 521 g/mol. The van der Waals surface area contributed by atoms with E-state index >= 15 is 0 Å². The lowest BCUT2D eigenvalue weighted by molar-refractivity contribution is -0.145. The van der Waals surface area contributed by atoms with Crippen molar-refractivity contribution in [2.75, 3.05) is 26.2 Å². The van der Waals surface area contributed by atoms with E-state index in [1.165, 1.54) is 0 Å². The predicted octanol–water partition coefficient (Wildman–Crippen LogP) is 4.62. The van der Waals surface area contributed by atoms with Crippen molar-refractivity contribution in [3.8, 4) is 0 Å². The van der Waals surface area contributed by atoms with Crippen molar-refractivity contribution in [1.82, 2.24) is 14.8 Å². The molecule has 0 saturated carbocycles. The first-order chi connectivity index (χ1) is 17.7. The largest absolute Gasteiger partial charge is 0.461 e. The maximum absolute atomic E-state index is 14.0. The third kappa shape index (κ3) is 3.99. The molecule has 1 fully saturated rings. The second-order valence-corrected chi connectivity index (χ2v) is 11.5. The van der Waals surface area contributed by atoms with E-state index in [0.717, 1.165) is 53.5 Å². The third-order valence-corrected chi connectivity index (χ3v) is 8.97. The Hall–Kier alpha value is -2.74. The molecule has 1 aromatic heterocycles. The Balaban J connectivity index is 1.53. The summed E-state index contributed by atoms with van der Waals surface area (Å²) in [5, 5.41) is 13.0. The number of amides is 1. The topological polar surface area (TPSA) is 83.0 Å². The summed E-state index contributed by atoms with van der Waals surface area (Å²) in [5.74, 6) is 0.188. The number of carbonyl (C=O) groups is 2. The van der Waals surface area contributed by atoms with Crippen molar-refractivity contribution < 1.29 is 19.4 Å². The van der Waals surface area contributed by atoms with Crippen LogP contribution in [0.15, 0.2) is 29.4 Å². The fourth-order valence-corrected chi connectivity index (χ4v) is 6.29. The number of rotatable bonds is 3. The van der Waals surface area contributed by atoms with Crippen LogP contribution in [0.3, 0.4) is 0 Å². The Bertz CT molecular complexity index is 1410. The quantitative estimate of drug-likeness (QED) is 0.593. The summed E-state index contributed by atoms with van der Waals surface area (Å²) < 4.78 is 5.39. The molecule has 1 amide bonds. The molecule has 5 heterocycles. The highest BCUT2D eigenvalue weighted by Gasteiger charge is 2.45. The lowest BCUT2D eigenvalue weighted by Gasteiger charge is -2.32. The zero-order valence-corrected chi connectivity index (χ0v) is 22.3. The van der Waals surface area contributed by atoms with Crippen molar-refractivity contribution in [3.05, 3.63) is 56.8 Å². The molecule has 0 spiro atoms. The molecule has 8 heteroatoms. The zero-order valence-electron chi connectivity index (χ0n) is 21.6. The Morgan fingerprint density at radius 3 is 2.73 bits per heavy atom. The molecule has 1 saturated heterocycles. The number of aryl methyl sites for hydroxylation is 1. The van der Waals surface area contributed by atoms with Gasteiger partial charge in [0.25, 0.3) is 5.91 Å². The van der Waals surface area contributed by atoms with E-state index in [9.17, 15) is 14.7 Å². The average Bonchev–Trinajstić information content (AvgIpc) is 3.07. The molecule has 4 aliphatic heterocycles. The van der Waals surface area contributed by atoms with Crippen molar-refractivity contribution >= 4 is 40.1 Å². The lowest BCUT2D eigenvalue weighted by Crippen LogP contribution is -2.37. The standard InChI is InChI=1S/C29H32ClN3O4/c1-4-29(36)12-25(34)37-15-18-13-33-24(10-21(18)29)27-26(28(33)35)20(14-32-7-5-16(2)6-8-32)19-9-17(3)22(30)11-23(19)31-27/h9-11,16,36H,4-8,12-15H2,1-3H3/t29-/m1/s1. The van der Waals surface area contributed by atoms with Crippen molar-refractivity contribution in [2.45, 2.75) is 58.6 Å². The van der Waals surface area contributed by atoms with Gasteiger partial charge in [0.1, 0.15) is 17.9 Å². The third-order valence-electron chi connectivity index (χ3n) is 8.56. The number of nitrogens with zero attached hydrogens (tertiary/aromatic N) is 3. The smallest absolute Gasteiger partial charge is 0.309 e. The van der Waals surface area contributed by atoms with E-state index in [1.54, 1.807) is 4.90 Å². The summed E-state index contributed by atoms with van der Waals surface area (Å²) in [7, 11) is 0. The Kier molecular flexibility index (Phi) is 5.93. The molecule has 7 nitrogen and oxygen atoms in total. The Labute approximate surface area is 221 Å². The van der Waals surface area contributed by atoms with E-state index in [-0.39, 0.29) is 25.5 Å². The molecule has 0 bridgehead atoms. The van der Waals surface area contributed by atoms with Crippen LogP contribution in [-0.4, -0.2) is 63.6 Å². The van der Waals surface area contributed by atoms with Gasteiger partial charge in [0.15, 0.2) is 0 Å². The number of ether oxygens (including phenoxy) is 1. The van der Waals surface area contributed by atoms with Crippen molar-refractivity contribution in [1.29, 1.82) is 0 Å². The van der Waals surface area contributed by atoms with E-state index in [0.29, 0.717) is 46.4 Å². The van der Waals surface area contributed by atoms with E-state index in [4.69, 9.17) is 21.3 Å². The van der Waals surface area contributed by atoms with Crippen LogP contribution in [0.5, 0.6) is 0 Å². The molecule has 6 rings (SSSR count). The first-order valence-electron chi connectivity index (χ1n) is 13.2. The van der Waals surface area contributed by atoms with E-state index in [2.05, 4.69) is 17.9 Å². The van der Waals surface area contributed by atoms with Crippen molar-refractivity contribution in [2.24, 2.45) is 5.92 Å². The molecular formula is C29H32ClN3O4. The molecular weight excluding hydrogens is 490 g/mol. The molecule has 2 aromatic rings. The molecule has 1 N–H and O–H groups in total. The number of aliphatic hydroxyl groups is 1. The number of benzene rings is 1. The fourth-order valence-electron chi connectivity index (χ4n) is 6.13. The lowest BCUT2D eigenvalue weighted by atomic mass is 9.83.